The third-order valence-corrected chi connectivity index (χ3v) is 4.16. The van der Waals surface area contributed by atoms with E-state index in [4.69, 9.17) is 9.57 Å². The van der Waals surface area contributed by atoms with E-state index >= 15 is 0 Å². The maximum Gasteiger partial charge on any atom is 0.306 e. The molecule has 1 aromatic carbocycles. The minimum atomic E-state index is -0.540. The van der Waals surface area contributed by atoms with E-state index < -0.39 is 5.60 Å². The minimum Gasteiger partial charge on any atom is -0.454 e. The van der Waals surface area contributed by atoms with Gasteiger partial charge >= 0.3 is 5.97 Å². The molecule has 0 radical (unpaired) electrons. The fourth-order valence-corrected chi connectivity index (χ4v) is 3.02. The van der Waals surface area contributed by atoms with E-state index in [9.17, 15) is 4.79 Å². The molecule has 0 aromatic heterocycles. The summed E-state index contributed by atoms with van der Waals surface area (Å²) in [6.07, 6.45) is 1.15. The molecule has 0 spiro atoms. The first-order valence-electron chi connectivity index (χ1n) is 7.77. The highest BCUT2D eigenvalue weighted by atomic mass is 16.7. The highest BCUT2D eigenvalue weighted by Crippen LogP contribution is 2.41. The molecule has 0 bridgehead atoms. The van der Waals surface area contributed by atoms with Crippen molar-refractivity contribution in [3.05, 3.63) is 35.9 Å². The summed E-state index contributed by atoms with van der Waals surface area (Å²) < 4.78 is 5.93. The van der Waals surface area contributed by atoms with Crippen LogP contribution in [0.25, 0.3) is 0 Å². The summed E-state index contributed by atoms with van der Waals surface area (Å²) in [5, 5.41) is 1.98. The molecule has 1 aliphatic rings. The van der Waals surface area contributed by atoms with E-state index in [0.29, 0.717) is 13.0 Å². The number of nitrogens with zero attached hydrogens (tertiary/aromatic N) is 1. The first kappa shape index (κ1) is 16.0. The Hall–Kier alpha value is -1.39. The van der Waals surface area contributed by atoms with Crippen molar-refractivity contribution in [2.24, 2.45) is 5.92 Å². The zero-order chi connectivity index (χ0) is 15.3. The number of piperidine rings is 1. The SMILES string of the molecule is CCON1CC[C@](OC(=O)CC)(c2ccccc2)[C@@H](C)C1. The van der Waals surface area contributed by atoms with Crippen molar-refractivity contribution in [1.29, 1.82) is 0 Å². The molecule has 21 heavy (non-hydrogen) atoms. The molecule has 1 aliphatic heterocycles. The number of hydrogen-bond donors (Lipinski definition) is 0. The lowest BCUT2D eigenvalue weighted by atomic mass is 9.77. The maximum atomic E-state index is 11.9. The Morgan fingerprint density at radius 3 is 2.62 bits per heavy atom. The number of carbonyl (C=O) groups is 1. The Morgan fingerprint density at radius 2 is 2.05 bits per heavy atom. The molecule has 0 unspecified atom stereocenters. The monoisotopic (exact) mass is 291 g/mol. The van der Waals surface area contributed by atoms with Crippen molar-refractivity contribution in [3.8, 4) is 0 Å². The summed E-state index contributed by atoms with van der Waals surface area (Å²) in [7, 11) is 0. The number of esters is 1. The highest BCUT2D eigenvalue weighted by Gasteiger charge is 2.45. The van der Waals surface area contributed by atoms with Crippen LogP contribution in [0.5, 0.6) is 0 Å². The number of rotatable bonds is 5. The number of hydrogen-bond acceptors (Lipinski definition) is 4. The van der Waals surface area contributed by atoms with E-state index in [1.807, 2.05) is 37.1 Å². The zero-order valence-corrected chi connectivity index (χ0v) is 13.2. The Labute approximate surface area is 127 Å². The summed E-state index contributed by atoms with van der Waals surface area (Å²) in [5.41, 5.74) is 0.539. The van der Waals surface area contributed by atoms with Gasteiger partial charge in [0.05, 0.1) is 6.61 Å². The molecular weight excluding hydrogens is 266 g/mol. The molecule has 116 valence electrons. The Morgan fingerprint density at radius 1 is 1.33 bits per heavy atom. The van der Waals surface area contributed by atoms with Crippen molar-refractivity contribution >= 4 is 5.97 Å². The van der Waals surface area contributed by atoms with Crippen molar-refractivity contribution < 1.29 is 14.4 Å². The Kier molecular flexibility index (Phi) is 5.37. The van der Waals surface area contributed by atoms with Gasteiger partial charge in [-0.3, -0.25) is 9.63 Å². The van der Waals surface area contributed by atoms with Gasteiger partial charge in [0.25, 0.3) is 0 Å². The number of hydroxylamine groups is 2. The quantitative estimate of drug-likeness (QED) is 0.781. The van der Waals surface area contributed by atoms with Gasteiger partial charge in [0.1, 0.15) is 5.60 Å². The van der Waals surface area contributed by atoms with Gasteiger partial charge in [-0.25, -0.2) is 0 Å². The number of carbonyl (C=O) groups excluding carboxylic acids is 1. The van der Waals surface area contributed by atoms with E-state index in [2.05, 4.69) is 19.1 Å². The molecule has 1 fully saturated rings. The predicted octanol–water partition coefficient (Wildman–Crippen LogP) is 3.13. The molecule has 0 aliphatic carbocycles. The van der Waals surface area contributed by atoms with Crippen LogP contribution in [-0.4, -0.2) is 30.7 Å². The van der Waals surface area contributed by atoms with Crippen LogP contribution in [-0.2, 0) is 20.0 Å². The van der Waals surface area contributed by atoms with Crippen LogP contribution in [0.1, 0.15) is 39.2 Å². The second-order valence-corrected chi connectivity index (χ2v) is 5.54. The van der Waals surface area contributed by atoms with Crippen molar-refractivity contribution in [2.75, 3.05) is 19.7 Å². The van der Waals surface area contributed by atoms with E-state index in [0.717, 1.165) is 25.1 Å². The summed E-state index contributed by atoms with van der Waals surface area (Å²) >= 11 is 0. The first-order valence-corrected chi connectivity index (χ1v) is 7.77. The highest BCUT2D eigenvalue weighted by molar-refractivity contribution is 5.69. The van der Waals surface area contributed by atoms with Gasteiger partial charge < -0.3 is 4.74 Å². The molecule has 1 saturated heterocycles. The van der Waals surface area contributed by atoms with Crippen LogP contribution in [0, 0.1) is 5.92 Å². The van der Waals surface area contributed by atoms with Gasteiger partial charge in [0.15, 0.2) is 0 Å². The third kappa shape index (κ3) is 3.44. The Bertz CT molecular complexity index is 462. The fraction of sp³-hybridized carbons (Fsp3) is 0.588. The predicted molar refractivity (Wildman–Crippen MR) is 81.5 cm³/mol. The lowest BCUT2D eigenvalue weighted by molar-refractivity contribution is -0.222. The van der Waals surface area contributed by atoms with Crippen LogP contribution in [0.4, 0.5) is 0 Å². The zero-order valence-electron chi connectivity index (χ0n) is 13.2. The summed E-state index contributed by atoms with van der Waals surface area (Å²) in [5.74, 6) is 0.0336. The second kappa shape index (κ2) is 7.05. The van der Waals surface area contributed by atoms with E-state index in [-0.39, 0.29) is 11.9 Å². The smallest absolute Gasteiger partial charge is 0.306 e. The van der Waals surface area contributed by atoms with Crippen LogP contribution in [0.15, 0.2) is 30.3 Å². The van der Waals surface area contributed by atoms with Crippen molar-refractivity contribution in [3.63, 3.8) is 0 Å². The molecule has 0 amide bonds. The van der Waals surface area contributed by atoms with Crippen LogP contribution in [0.3, 0.4) is 0 Å². The largest absolute Gasteiger partial charge is 0.454 e. The molecule has 1 heterocycles. The average Bonchev–Trinajstić information content (AvgIpc) is 2.51. The fourth-order valence-electron chi connectivity index (χ4n) is 3.02. The van der Waals surface area contributed by atoms with Crippen LogP contribution in [0.2, 0.25) is 0 Å². The molecule has 2 rings (SSSR count). The van der Waals surface area contributed by atoms with Gasteiger partial charge in [0, 0.05) is 31.8 Å². The van der Waals surface area contributed by atoms with Crippen LogP contribution >= 0.6 is 0 Å². The molecule has 4 heteroatoms. The van der Waals surface area contributed by atoms with Gasteiger partial charge in [-0.05, 0) is 12.5 Å². The molecule has 2 atom stereocenters. The Balaban J connectivity index is 2.27. The number of ether oxygens (including phenoxy) is 1. The number of benzene rings is 1. The maximum absolute atomic E-state index is 11.9. The molecule has 1 aromatic rings. The minimum absolute atomic E-state index is 0.143. The van der Waals surface area contributed by atoms with E-state index in [1.54, 1.807) is 0 Å². The van der Waals surface area contributed by atoms with Crippen molar-refractivity contribution in [2.45, 2.75) is 39.2 Å². The van der Waals surface area contributed by atoms with Gasteiger partial charge in [-0.15, -0.1) is 0 Å². The standard InChI is InChI=1S/C17H25NO3/c1-4-16(19)21-17(15-9-7-6-8-10-15)11-12-18(20-5-2)13-14(17)3/h6-10,14H,4-5,11-13H2,1-3H3/t14-,17+/m0/s1. The van der Waals surface area contributed by atoms with Gasteiger partial charge in [-0.2, -0.15) is 5.06 Å². The lowest BCUT2D eigenvalue weighted by Crippen LogP contribution is -2.51. The molecular formula is C17H25NO3. The lowest BCUT2D eigenvalue weighted by Gasteiger charge is -2.45. The first-order chi connectivity index (χ1) is 10.1. The third-order valence-electron chi connectivity index (χ3n) is 4.16. The molecule has 0 N–H and O–H groups in total. The second-order valence-electron chi connectivity index (χ2n) is 5.54. The summed E-state index contributed by atoms with van der Waals surface area (Å²) in [6, 6.07) is 10.1. The molecule has 0 saturated carbocycles. The normalized spacial score (nSPS) is 26.5. The summed E-state index contributed by atoms with van der Waals surface area (Å²) in [6.45, 7) is 8.15. The van der Waals surface area contributed by atoms with Crippen molar-refractivity contribution in [1.82, 2.24) is 5.06 Å². The average molecular weight is 291 g/mol. The summed E-state index contributed by atoms with van der Waals surface area (Å²) in [4.78, 5) is 17.6. The van der Waals surface area contributed by atoms with Gasteiger partial charge in [0.2, 0.25) is 0 Å². The molecule has 4 nitrogen and oxygen atoms in total. The van der Waals surface area contributed by atoms with Crippen LogP contribution < -0.4 is 0 Å². The van der Waals surface area contributed by atoms with Gasteiger partial charge in [-0.1, -0.05) is 44.2 Å². The van der Waals surface area contributed by atoms with E-state index in [1.165, 1.54) is 0 Å². The topological polar surface area (TPSA) is 38.8 Å².